The van der Waals surface area contributed by atoms with Gasteiger partial charge in [0.05, 0.1) is 0 Å². The van der Waals surface area contributed by atoms with E-state index in [2.05, 4.69) is 52.0 Å². The molecular weight excluding hydrogens is 206 g/mol. The Kier molecular flexibility index (Phi) is 5.68. The van der Waals surface area contributed by atoms with Gasteiger partial charge in [-0.05, 0) is 32.3 Å². The van der Waals surface area contributed by atoms with Crippen LogP contribution in [0.4, 0.5) is 0 Å². The van der Waals surface area contributed by atoms with E-state index in [1.165, 1.54) is 16.8 Å². The lowest BCUT2D eigenvalue weighted by Crippen LogP contribution is -1.96. The fourth-order valence-electron chi connectivity index (χ4n) is 1.75. The SMILES string of the molecule is CCC/C(N=C(C)c1ccccc1)=C(/C)CC. The minimum absolute atomic E-state index is 1.07. The third-order valence-electron chi connectivity index (χ3n) is 3.00. The van der Waals surface area contributed by atoms with Crippen LogP contribution >= 0.6 is 0 Å². The topological polar surface area (TPSA) is 12.4 Å². The molecular formula is C16H23N. The highest BCUT2D eigenvalue weighted by atomic mass is 14.8. The average Bonchev–Trinajstić information content (AvgIpc) is 2.38. The van der Waals surface area contributed by atoms with Crippen LogP contribution in [0.3, 0.4) is 0 Å². The van der Waals surface area contributed by atoms with Gasteiger partial charge in [-0.3, -0.25) is 4.99 Å². The molecule has 0 unspecified atom stereocenters. The minimum atomic E-state index is 1.07. The summed E-state index contributed by atoms with van der Waals surface area (Å²) in [6.07, 6.45) is 3.31. The van der Waals surface area contributed by atoms with Gasteiger partial charge in [0.15, 0.2) is 0 Å². The van der Waals surface area contributed by atoms with E-state index in [1.807, 2.05) is 6.07 Å². The minimum Gasteiger partial charge on any atom is -0.258 e. The van der Waals surface area contributed by atoms with Crippen molar-refractivity contribution in [2.75, 3.05) is 0 Å². The summed E-state index contributed by atoms with van der Waals surface area (Å²) < 4.78 is 0. The van der Waals surface area contributed by atoms with Crippen molar-refractivity contribution < 1.29 is 0 Å². The molecule has 0 aliphatic heterocycles. The molecule has 0 saturated carbocycles. The van der Waals surface area contributed by atoms with E-state index in [9.17, 15) is 0 Å². The molecule has 92 valence electrons. The van der Waals surface area contributed by atoms with Crippen LogP contribution in [0, 0.1) is 0 Å². The summed E-state index contributed by atoms with van der Waals surface area (Å²) >= 11 is 0. The lowest BCUT2D eigenvalue weighted by Gasteiger charge is -2.07. The van der Waals surface area contributed by atoms with Gasteiger partial charge in [-0.15, -0.1) is 0 Å². The van der Waals surface area contributed by atoms with Crippen molar-refractivity contribution in [2.24, 2.45) is 4.99 Å². The Morgan fingerprint density at radius 3 is 2.24 bits per heavy atom. The molecule has 0 N–H and O–H groups in total. The van der Waals surface area contributed by atoms with Crippen molar-refractivity contribution >= 4 is 5.71 Å². The van der Waals surface area contributed by atoms with Crippen LogP contribution in [0.1, 0.15) is 52.5 Å². The Labute approximate surface area is 105 Å². The fourth-order valence-corrected chi connectivity index (χ4v) is 1.75. The van der Waals surface area contributed by atoms with E-state index >= 15 is 0 Å². The van der Waals surface area contributed by atoms with Gasteiger partial charge < -0.3 is 0 Å². The van der Waals surface area contributed by atoms with Crippen LogP contribution in [-0.2, 0) is 0 Å². The quantitative estimate of drug-likeness (QED) is 0.631. The van der Waals surface area contributed by atoms with E-state index < -0.39 is 0 Å². The molecule has 0 radical (unpaired) electrons. The number of hydrogen-bond donors (Lipinski definition) is 0. The molecule has 1 rings (SSSR count). The molecule has 0 aliphatic rings. The summed E-state index contributed by atoms with van der Waals surface area (Å²) in [6, 6.07) is 10.4. The van der Waals surface area contributed by atoms with Crippen molar-refractivity contribution in [1.82, 2.24) is 0 Å². The number of rotatable bonds is 5. The highest BCUT2D eigenvalue weighted by Crippen LogP contribution is 2.17. The molecule has 0 fully saturated rings. The maximum Gasteiger partial charge on any atom is 0.0448 e. The van der Waals surface area contributed by atoms with E-state index in [0.717, 1.165) is 25.0 Å². The monoisotopic (exact) mass is 229 g/mol. The van der Waals surface area contributed by atoms with E-state index in [1.54, 1.807) is 0 Å². The third-order valence-corrected chi connectivity index (χ3v) is 3.00. The first-order valence-electron chi connectivity index (χ1n) is 6.48. The predicted molar refractivity (Wildman–Crippen MR) is 76.6 cm³/mol. The van der Waals surface area contributed by atoms with Crippen LogP contribution in [0.25, 0.3) is 0 Å². The zero-order chi connectivity index (χ0) is 12.7. The van der Waals surface area contributed by atoms with Crippen LogP contribution in [0.5, 0.6) is 0 Å². The largest absolute Gasteiger partial charge is 0.258 e. The highest BCUT2D eigenvalue weighted by Gasteiger charge is 2.01. The van der Waals surface area contributed by atoms with Gasteiger partial charge in [-0.25, -0.2) is 0 Å². The van der Waals surface area contributed by atoms with Crippen molar-refractivity contribution in [3.05, 3.63) is 47.2 Å². The van der Waals surface area contributed by atoms with Gasteiger partial charge in [0.25, 0.3) is 0 Å². The number of nitrogens with zero attached hydrogens (tertiary/aromatic N) is 1. The second-order valence-electron chi connectivity index (χ2n) is 4.39. The first-order valence-corrected chi connectivity index (χ1v) is 6.48. The second kappa shape index (κ2) is 7.05. The lowest BCUT2D eigenvalue weighted by atomic mass is 10.1. The Bertz CT molecular complexity index is 399. The van der Waals surface area contributed by atoms with Gasteiger partial charge in [-0.2, -0.15) is 0 Å². The standard InChI is InChI=1S/C16H23N/c1-5-10-16(13(3)6-2)17-14(4)15-11-8-7-9-12-15/h7-9,11-12H,5-6,10H2,1-4H3/b16-13+,17-14?. The van der Waals surface area contributed by atoms with Gasteiger partial charge in [0, 0.05) is 11.4 Å². The summed E-state index contributed by atoms with van der Waals surface area (Å²) in [6.45, 7) is 8.68. The van der Waals surface area contributed by atoms with Crippen LogP contribution in [0.2, 0.25) is 0 Å². The molecule has 0 saturated heterocycles. The molecule has 1 aromatic carbocycles. The number of aliphatic imine (C=N–C) groups is 1. The van der Waals surface area contributed by atoms with Crippen LogP contribution < -0.4 is 0 Å². The molecule has 1 heteroatoms. The van der Waals surface area contributed by atoms with Crippen molar-refractivity contribution in [3.63, 3.8) is 0 Å². The van der Waals surface area contributed by atoms with Crippen LogP contribution in [-0.4, -0.2) is 5.71 Å². The summed E-state index contributed by atoms with van der Waals surface area (Å²) in [4.78, 5) is 4.80. The molecule has 0 aromatic heterocycles. The number of hydrogen-bond acceptors (Lipinski definition) is 1. The third kappa shape index (κ3) is 4.18. The molecule has 0 heterocycles. The van der Waals surface area contributed by atoms with Gasteiger partial charge in [0.2, 0.25) is 0 Å². The Balaban J connectivity index is 3.00. The fraction of sp³-hybridized carbons (Fsp3) is 0.438. The molecule has 17 heavy (non-hydrogen) atoms. The Morgan fingerprint density at radius 2 is 1.71 bits per heavy atom. The number of benzene rings is 1. The van der Waals surface area contributed by atoms with Crippen molar-refractivity contribution in [3.8, 4) is 0 Å². The molecule has 0 aliphatic carbocycles. The van der Waals surface area contributed by atoms with Crippen molar-refractivity contribution in [1.29, 1.82) is 0 Å². The summed E-state index contributed by atoms with van der Waals surface area (Å²) in [5.41, 5.74) is 4.99. The summed E-state index contributed by atoms with van der Waals surface area (Å²) in [7, 11) is 0. The highest BCUT2D eigenvalue weighted by molar-refractivity contribution is 5.99. The van der Waals surface area contributed by atoms with E-state index in [4.69, 9.17) is 4.99 Å². The van der Waals surface area contributed by atoms with Crippen LogP contribution in [0.15, 0.2) is 46.6 Å². The van der Waals surface area contributed by atoms with E-state index in [0.29, 0.717) is 0 Å². The zero-order valence-corrected chi connectivity index (χ0v) is 11.5. The summed E-state index contributed by atoms with van der Waals surface area (Å²) in [5, 5.41) is 0. The molecule has 0 spiro atoms. The predicted octanol–water partition coefficient (Wildman–Crippen LogP) is 4.98. The molecule has 0 amide bonds. The first kappa shape index (κ1) is 13.7. The van der Waals surface area contributed by atoms with E-state index in [-0.39, 0.29) is 0 Å². The lowest BCUT2D eigenvalue weighted by molar-refractivity contribution is 0.861. The molecule has 1 nitrogen and oxygen atoms in total. The first-order chi connectivity index (χ1) is 8.19. The van der Waals surface area contributed by atoms with Gasteiger partial charge >= 0.3 is 0 Å². The molecule has 0 bridgehead atoms. The number of allylic oxidation sites excluding steroid dienone is 2. The molecule has 1 aromatic rings. The Hall–Kier alpha value is -1.37. The second-order valence-corrected chi connectivity index (χ2v) is 4.39. The average molecular weight is 229 g/mol. The van der Waals surface area contributed by atoms with Crippen molar-refractivity contribution in [2.45, 2.75) is 47.0 Å². The maximum absolute atomic E-state index is 4.80. The van der Waals surface area contributed by atoms with Gasteiger partial charge in [0.1, 0.15) is 0 Å². The normalized spacial score (nSPS) is 13.5. The Morgan fingerprint density at radius 1 is 1.06 bits per heavy atom. The zero-order valence-electron chi connectivity index (χ0n) is 11.5. The summed E-state index contributed by atoms with van der Waals surface area (Å²) in [5.74, 6) is 0. The van der Waals surface area contributed by atoms with Gasteiger partial charge in [-0.1, -0.05) is 56.2 Å². The smallest absolute Gasteiger partial charge is 0.0448 e. The maximum atomic E-state index is 4.80. The molecule has 0 atom stereocenters.